The van der Waals surface area contributed by atoms with Gasteiger partial charge in [-0.3, -0.25) is 8.88 Å². The van der Waals surface area contributed by atoms with Crippen molar-refractivity contribution >= 4 is 21.6 Å². The van der Waals surface area contributed by atoms with Gasteiger partial charge in [-0.2, -0.15) is 0 Å². The molecular weight excluding hydrogens is 294 g/mol. The summed E-state index contributed by atoms with van der Waals surface area (Å²) in [4.78, 5) is 41.0. The highest BCUT2D eigenvalue weighted by molar-refractivity contribution is 7.58. The molecule has 0 saturated carbocycles. The number of rotatable bonds is 8. The number of carboxylic acid groups (broad SMARTS) is 1. The van der Waals surface area contributed by atoms with Crippen LogP contribution in [-0.4, -0.2) is 23.3 Å². The molecule has 0 bridgehead atoms. The average molecular weight is 304 g/mol. The number of carbonyl (C=O) groups is 1. The monoisotopic (exact) mass is 304 g/mol. The van der Waals surface area contributed by atoms with Crippen molar-refractivity contribution in [3.05, 3.63) is 0 Å². The fraction of sp³-hybridized carbons (Fsp3) is 0.833. The number of phosphoric ester groups is 1. The first-order chi connectivity index (χ1) is 7.83. The Morgan fingerprint density at radius 1 is 1.33 bits per heavy atom. The Labute approximate surface area is 102 Å². The van der Waals surface area contributed by atoms with Gasteiger partial charge in [-0.1, -0.05) is 0 Å². The molecule has 0 aromatic heterocycles. The molecule has 0 aliphatic carbocycles. The molecule has 0 rings (SSSR count). The zero-order valence-corrected chi connectivity index (χ0v) is 10.9. The van der Waals surface area contributed by atoms with Crippen LogP contribution in [0.1, 0.15) is 19.8 Å². The van der Waals surface area contributed by atoms with Crippen LogP contribution in [0.25, 0.3) is 0 Å². The van der Waals surface area contributed by atoms with E-state index in [0.29, 0.717) is 0 Å². The number of aliphatic hydroxyl groups is 1. The maximum absolute atomic E-state index is 10.8. The van der Waals surface area contributed by atoms with Crippen LogP contribution >= 0.6 is 15.6 Å². The summed E-state index contributed by atoms with van der Waals surface area (Å²) in [6.07, 6.45) is -1.24. The molecule has 2 atom stereocenters. The molecule has 0 aliphatic heterocycles. The summed E-state index contributed by atoms with van der Waals surface area (Å²) in [5.74, 6) is -1.56. The second kappa shape index (κ2) is 6.23. The molecule has 10 nitrogen and oxygen atoms in total. The van der Waals surface area contributed by atoms with Gasteiger partial charge in [0.25, 0.3) is 7.82 Å². The largest absolute Gasteiger partial charge is 0.790 e. The second-order valence-electron chi connectivity index (χ2n) is 3.61. The molecule has 0 aromatic rings. The summed E-state index contributed by atoms with van der Waals surface area (Å²) in [6.45, 7) is 0.315. The molecule has 0 aromatic carbocycles. The minimum absolute atomic E-state index is 0.460. The highest BCUT2D eigenvalue weighted by Gasteiger charge is 2.22. The van der Waals surface area contributed by atoms with E-state index >= 15 is 0 Å². The SMILES string of the molecule is C[C@@](O)(CCOP(=O)([O-])OP(=O)([O-])[O-])CC(=O)[O-]. The summed E-state index contributed by atoms with van der Waals surface area (Å²) >= 11 is 0. The molecule has 0 saturated heterocycles. The Kier molecular flexibility index (Phi) is 6.12. The van der Waals surface area contributed by atoms with Crippen molar-refractivity contribution in [2.45, 2.75) is 25.4 Å². The number of hydrogen-bond acceptors (Lipinski definition) is 10. The van der Waals surface area contributed by atoms with Gasteiger partial charge in [0.05, 0.1) is 20.0 Å². The molecule has 0 spiro atoms. The van der Waals surface area contributed by atoms with E-state index in [9.17, 15) is 38.8 Å². The normalized spacial score (nSPS) is 18.9. The number of hydrogen-bond donors (Lipinski definition) is 1. The highest BCUT2D eigenvalue weighted by Crippen LogP contribution is 2.50. The van der Waals surface area contributed by atoms with Crippen molar-refractivity contribution in [1.29, 1.82) is 0 Å². The van der Waals surface area contributed by atoms with Crippen LogP contribution in [0.2, 0.25) is 0 Å². The van der Waals surface area contributed by atoms with E-state index in [2.05, 4.69) is 8.83 Å². The van der Waals surface area contributed by atoms with Gasteiger partial charge in [-0.05, 0) is 6.92 Å². The van der Waals surface area contributed by atoms with E-state index in [1.54, 1.807) is 0 Å². The number of phosphoric acid groups is 2. The molecule has 0 aliphatic rings. The van der Waals surface area contributed by atoms with E-state index in [4.69, 9.17) is 0 Å². The van der Waals surface area contributed by atoms with Gasteiger partial charge in [0, 0.05) is 18.8 Å². The van der Waals surface area contributed by atoms with E-state index in [1.807, 2.05) is 0 Å². The fourth-order valence-corrected chi connectivity index (χ4v) is 2.41. The summed E-state index contributed by atoms with van der Waals surface area (Å²) in [6, 6.07) is 0. The highest BCUT2D eigenvalue weighted by atomic mass is 31.3. The molecule has 12 heteroatoms. The minimum Gasteiger partial charge on any atom is -0.790 e. The second-order valence-corrected chi connectivity index (χ2v) is 6.31. The number of carbonyl (C=O) groups excluding carboxylic acids is 1. The minimum atomic E-state index is -5.76. The standard InChI is InChI=1S/C6H14O10P2/c1-6(9,4-5(7)8)2-3-15-18(13,14)16-17(10,11)12/h9H,2-4H2,1H3,(H,7,8)(H,13,14)(H2,10,11,12)/p-4/t6-/m1/s1. The van der Waals surface area contributed by atoms with Crippen molar-refractivity contribution < 1.29 is 47.7 Å². The Morgan fingerprint density at radius 3 is 2.22 bits per heavy atom. The summed E-state index contributed by atoms with van der Waals surface area (Å²) in [5.41, 5.74) is -1.81. The zero-order chi connectivity index (χ0) is 14.6. The molecule has 0 fully saturated rings. The van der Waals surface area contributed by atoms with Crippen molar-refractivity contribution in [3.8, 4) is 0 Å². The Bertz CT molecular complexity index is 384. The van der Waals surface area contributed by atoms with Gasteiger partial charge in [-0.15, -0.1) is 0 Å². The smallest absolute Gasteiger partial charge is 0.271 e. The Morgan fingerprint density at radius 2 is 1.83 bits per heavy atom. The summed E-state index contributed by atoms with van der Waals surface area (Å²) < 4.78 is 27.9. The van der Waals surface area contributed by atoms with Gasteiger partial charge in [-0.25, -0.2) is 0 Å². The lowest BCUT2D eigenvalue weighted by Crippen LogP contribution is -2.36. The van der Waals surface area contributed by atoms with Crippen LogP contribution < -0.4 is 19.8 Å². The topological polar surface area (TPSA) is 182 Å². The molecule has 18 heavy (non-hydrogen) atoms. The number of aliphatic carboxylic acids is 1. The maximum Gasteiger partial charge on any atom is 0.271 e. The van der Waals surface area contributed by atoms with Gasteiger partial charge in [0.15, 0.2) is 0 Å². The first-order valence-corrected chi connectivity index (χ1v) is 7.36. The van der Waals surface area contributed by atoms with Gasteiger partial charge in [0.2, 0.25) is 0 Å². The van der Waals surface area contributed by atoms with Crippen LogP contribution in [-0.2, 0) is 22.8 Å². The van der Waals surface area contributed by atoms with E-state index in [1.165, 1.54) is 0 Å². The third-order valence-electron chi connectivity index (χ3n) is 1.62. The van der Waals surface area contributed by atoms with E-state index < -0.39 is 46.7 Å². The predicted octanol–water partition coefficient (Wildman–Crippen LogP) is -3.40. The van der Waals surface area contributed by atoms with Crippen LogP contribution in [0.4, 0.5) is 0 Å². The van der Waals surface area contributed by atoms with Crippen LogP contribution in [0.5, 0.6) is 0 Å². The predicted molar refractivity (Wildman–Crippen MR) is 47.1 cm³/mol. The molecule has 0 heterocycles. The molecular formula is C6H10O10P2-4. The lowest BCUT2D eigenvalue weighted by atomic mass is 9.99. The third kappa shape index (κ3) is 9.69. The van der Waals surface area contributed by atoms with Gasteiger partial charge >= 0.3 is 0 Å². The lowest BCUT2D eigenvalue weighted by Gasteiger charge is -2.35. The lowest BCUT2D eigenvalue weighted by molar-refractivity contribution is -0.339. The molecule has 0 amide bonds. The molecule has 0 radical (unpaired) electrons. The summed E-state index contributed by atoms with van der Waals surface area (Å²) in [5, 5.41) is 19.6. The molecule has 1 N–H and O–H groups in total. The first-order valence-electron chi connectivity index (χ1n) is 4.44. The fourth-order valence-electron chi connectivity index (χ4n) is 0.923. The summed E-state index contributed by atoms with van der Waals surface area (Å²) in [7, 11) is -11.1. The quantitative estimate of drug-likeness (QED) is 0.443. The third-order valence-corrected chi connectivity index (χ3v) is 3.71. The van der Waals surface area contributed by atoms with Crippen LogP contribution in [0, 0.1) is 0 Å². The van der Waals surface area contributed by atoms with Crippen molar-refractivity contribution in [1.82, 2.24) is 0 Å². The Balaban J connectivity index is 4.22. The van der Waals surface area contributed by atoms with Crippen molar-refractivity contribution in [3.63, 3.8) is 0 Å². The van der Waals surface area contributed by atoms with E-state index in [0.717, 1.165) is 6.92 Å². The average Bonchev–Trinajstić information content (AvgIpc) is 1.93. The maximum atomic E-state index is 10.8. The van der Waals surface area contributed by atoms with Gasteiger partial charge < -0.3 is 38.8 Å². The van der Waals surface area contributed by atoms with E-state index in [-0.39, 0.29) is 0 Å². The zero-order valence-electron chi connectivity index (χ0n) is 9.14. The Hall–Kier alpha value is -0.310. The van der Waals surface area contributed by atoms with Crippen LogP contribution in [0.15, 0.2) is 0 Å². The van der Waals surface area contributed by atoms with Crippen molar-refractivity contribution in [2.75, 3.05) is 6.61 Å². The molecule has 1 unspecified atom stereocenters. The number of carboxylic acids is 1. The van der Waals surface area contributed by atoms with Gasteiger partial charge in [0.1, 0.15) is 0 Å². The van der Waals surface area contributed by atoms with Crippen molar-refractivity contribution in [2.24, 2.45) is 0 Å². The van der Waals surface area contributed by atoms with Crippen LogP contribution in [0.3, 0.4) is 0 Å². The first kappa shape index (κ1) is 17.7. The molecule has 108 valence electrons.